The van der Waals surface area contributed by atoms with Gasteiger partial charge in [-0.1, -0.05) is 22.9 Å². The number of nitrogens with one attached hydrogen (secondary N) is 2. The largest absolute Gasteiger partial charge is 0.325 e. The molecule has 1 aromatic carbocycles. The van der Waals surface area contributed by atoms with Gasteiger partial charge in [-0.3, -0.25) is 4.79 Å². The molecule has 0 bridgehead atoms. The first-order valence-corrected chi connectivity index (χ1v) is 6.20. The average Bonchev–Trinajstić information content (AvgIpc) is 2.29. The van der Waals surface area contributed by atoms with Crippen LogP contribution in [0.4, 0.5) is 5.69 Å². The van der Waals surface area contributed by atoms with E-state index in [1.165, 1.54) is 0 Å². The Kier molecular flexibility index (Phi) is 5.49. The van der Waals surface area contributed by atoms with Crippen LogP contribution in [0.3, 0.4) is 0 Å². The minimum absolute atomic E-state index is 0.0115. The lowest BCUT2D eigenvalue weighted by atomic mass is 10.2. The van der Waals surface area contributed by atoms with Crippen LogP contribution in [0.1, 0.15) is 20.3 Å². The van der Waals surface area contributed by atoms with Gasteiger partial charge in [0.05, 0.1) is 6.54 Å². The highest BCUT2D eigenvalue weighted by Crippen LogP contribution is 2.13. The van der Waals surface area contributed by atoms with Crippen molar-refractivity contribution in [1.29, 1.82) is 0 Å². The zero-order valence-electron chi connectivity index (χ0n) is 9.59. The van der Waals surface area contributed by atoms with Crippen molar-refractivity contribution in [2.75, 3.05) is 11.9 Å². The highest BCUT2D eigenvalue weighted by atomic mass is 79.9. The van der Waals surface area contributed by atoms with Crippen molar-refractivity contribution in [2.24, 2.45) is 0 Å². The number of halogens is 1. The molecule has 0 heterocycles. The van der Waals surface area contributed by atoms with Crippen molar-refractivity contribution in [2.45, 2.75) is 26.3 Å². The van der Waals surface area contributed by atoms with E-state index < -0.39 is 0 Å². The van der Waals surface area contributed by atoms with Gasteiger partial charge in [-0.05, 0) is 37.6 Å². The molecule has 0 aliphatic carbocycles. The Balaban J connectivity index is 2.37. The second-order valence-electron chi connectivity index (χ2n) is 3.75. The Morgan fingerprint density at radius 2 is 2.00 bits per heavy atom. The SMILES string of the molecule is CCC(C)NCC(=O)Nc1ccc(Br)cc1. The molecule has 1 amide bonds. The van der Waals surface area contributed by atoms with E-state index in [9.17, 15) is 4.79 Å². The fraction of sp³-hybridized carbons (Fsp3) is 0.417. The Morgan fingerprint density at radius 1 is 1.38 bits per heavy atom. The summed E-state index contributed by atoms with van der Waals surface area (Å²) in [5.74, 6) is -0.0115. The third-order valence-electron chi connectivity index (χ3n) is 2.35. The van der Waals surface area contributed by atoms with E-state index in [0.29, 0.717) is 12.6 Å². The topological polar surface area (TPSA) is 41.1 Å². The molecule has 0 saturated carbocycles. The van der Waals surface area contributed by atoms with E-state index >= 15 is 0 Å². The van der Waals surface area contributed by atoms with Gasteiger partial charge >= 0.3 is 0 Å². The minimum atomic E-state index is -0.0115. The van der Waals surface area contributed by atoms with Crippen LogP contribution in [0.15, 0.2) is 28.7 Å². The standard InChI is InChI=1S/C12H17BrN2O/c1-3-9(2)14-8-12(16)15-11-6-4-10(13)5-7-11/h4-7,9,14H,3,8H2,1-2H3,(H,15,16). The first-order valence-electron chi connectivity index (χ1n) is 5.40. The first kappa shape index (κ1) is 13.2. The van der Waals surface area contributed by atoms with Crippen molar-refractivity contribution < 1.29 is 4.79 Å². The molecule has 1 rings (SSSR count). The molecule has 0 aromatic heterocycles. The van der Waals surface area contributed by atoms with E-state index in [1.807, 2.05) is 24.3 Å². The minimum Gasteiger partial charge on any atom is -0.325 e. The van der Waals surface area contributed by atoms with Crippen LogP contribution in [0, 0.1) is 0 Å². The third-order valence-corrected chi connectivity index (χ3v) is 2.88. The van der Waals surface area contributed by atoms with Crippen molar-refractivity contribution in [3.8, 4) is 0 Å². The van der Waals surface area contributed by atoms with Crippen LogP contribution in [0.5, 0.6) is 0 Å². The van der Waals surface area contributed by atoms with Gasteiger partial charge in [0, 0.05) is 16.2 Å². The monoisotopic (exact) mass is 284 g/mol. The van der Waals surface area contributed by atoms with Crippen LogP contribution < -0.4 is 10.6 Å². The van der Waals surface area contributed by atoms with E-state index in [-0.39, 0.29) is 5.91 Å². The lowest BCUT2D eigenvalue weighted by Gasteiger charge is -2.11. The first-order chi connectivity index (χ1) is 7.61. The van der Waals surface area contributed by atoms with Crippen molar-refractivity contribution in [3.63, 3.8) is 0 Å². The summed E-state index contributed by atoms with van der Waals surface area (Å²) in [6, 6.07) is 7.90. The van der Waals surface area contributed by atoms with Crippen LogP contribution in [-0.4, -0.2) is 18.5 Å². The second-order valence-corrected chi connectivity index (χ2v) is 4.66. The predicted molar refractivity (Wildman–Crippen MR) is 70.5 cm³/mol. The van der Waals surface area contributed by atoms with Crippen LogP contribution in [-0.2, 0) is 4.79 Å². The molecule has 4 heteroatoms. The number of benzene rings is 1. The zero-order chi connectivity index (χ0) is 12.0. The van der Waals surface area contributed by atoms with Crippen LogP contribution in [0.25, 0.3) is 0 Å². The summed E-state index contributed by atoms with van der Waals surface area (Å²) in [7, 11) is 0. The zero-order valence-corrected chi connectivity index (χ0v) is 11.2. The van der Waals surface area contributed by atoms with Gasteiger partial charge in [-0.2, -0.15) is 0 Å². The molecule has 3 nitrogen and oxygen atoms in total. The molecule has 0 fully saturated rings. The number of rotatable bonds is 5. The van der Waals surface area contributed by atoms with Gasteiger partial charge in [0.2, 0.25) is 5.91 Å². The van der Waals surface area contributed by atoms with Crippen LogP contribution in [0.2, 0.25) is 0 Å². The second kappa shape index (κ2) is 6.66. The maximum absolute atomic E-state index is 11.5. The number of hydrogen-bond donors (Lipinski definition) is 2. The maximum atomic E-state index is 11.5. The summed E-state index contributed by atoms with van der Waals surface area (Å²) in [4.78, 5) is 11.5. The van der Waals surface area contributed by atoms with Gasteiger partial charge in [-0.15, -0.1) is 0 Å². The van der Waals surface area contributed by atoms with E-state index in [2.05, 4.69) is 40.4 Å². The number of carbonyl (C=O) groups excluding carboxylic acids is 1. The van der Waals surface area contributed by atoms with E-state index in [0.717, 1.165) is 16.6 Å². The molecule has 0 spiro atoms. The normalized spacial score (nSPS) is 12.2. The molecule has 1 aromatic rings. The molecule has 0 aliphatic rings. The number of anilines is 1. The smallest absolute Gasteiger partial charge is 0.238 e. The third kappa shape index (κ3) is 4.77. The molecular formula is C12H17BrN2O. The predicted octanol–water partition coefficient (Wildman–Crippen LogP) is 2.78. The molecule has 16 heavy (non-hydrogen) atoms. The van der Waals surface area contributed by atoms with E-state index in [1.54, 1.807) is 0 Å². The summed E-state index contributed by atoms with van der Waals surface area (Å²) in [6.07, 6.45) is 1.02. The maximum Gasteiger partial charge on any atom is 0.238 e. The summed E-state index contributed by atoms with van der Waals surface area (Å²) >= 11 is 3.35. The fourth-order valence-electron chi connectivity index (χ4n) is 1.15. The fourth-order valence-corrected chi connectivity index (χ4v) is 1.41. The number of carbonyl (C=O) groups is 1. The van der Waals surface area contributed by atoms with Gasteiger partial charge in [-0.25, -0.2) is 0 Å². The molecular weight excluding hydrogens is 268 g/mol. The molecule has 88 valence electrons. The summed E-state index contributed by atoms with van der Waals surface area (Å²) in [5, 5.41) is 5.97. The van der Waals surface area contributed by atoms with Crippen molar-refractivity contribution >= 4 is 27.5 Å². The van der Waals surface area contributed by atoms with Gasteiger partial charge < -0.3 is 10.6 Å². The molecule has 0 saturated heterocycles. The molecule has 1 unspecified atom stereocenters. The Labute approximate surface area is 105 Å². The number of hydrogen-bond acceptors (Lipinski definition) is 2. The van der Waals surface area contributed by atoms with Gasteiger partial charge in [0.1, 0.15) is 0 Å². The Bertz CT molecular complexity index is 337. The highest BCUT2D eigenvalue weighted by Gasteiger charge is 2.04. The highest BCUT2D eigenvalue weighted by molar-refractivity contribution is 9.10. The summed E-state index contributed by atoms with van der Waals surface area (Å²) < 4.78 is 1.00. The molecule has 1 atom stereocenters. The van der Waals surface area contributed by atoms with Crippen molar-refractivity contribution in [1.82, 2.24) is 5.32 Å². The van der Waals surface area contributed by atoms with Gasteiger partial charge in [0.15, 0.2) is 0 Å². The van der Waals surface area contributed by atoms with Crippen molar-refractivity contribution in [3.05, 3.63) is 28.7 Å². The molecule has 2 N–H and O–H groups in total. The number of amides is 1. The molecule has 0 radical (unpaired) electrons. The lowest BCUT2D eigenvalue weighted by molar-refractivity contribution is -0.115. The quantitative estimate of drug-likeness (QED) is 0.873. The lowest BCUT2D eigenvalue weighted by Crippen LogP contribution is -2.33. The Morgan fingerprint density at radius 3 is 2.56 bits per heavy atom. The van der Waals surface area contributed by atoms with Crippen LogP contribution >= 0.6 is 15.9 Å². The van der Waals surface area contributed by atoms with E-state index in [4.69, 9.17) is 0 Å². The molecule has 0 aliphatic heterocycles. The summed E-state index contributed by atoms with van der Waals surface area (Å²) in [5.41, 5.74) is 0.819. The van der Waals surface area contributed by atoms with Gasteiger partial charge in [0.25, 0.3) is 0 Å². The average molecular weight is 285 g/mol. The Hall–Kier alpha value is -0.870. The summed E-state index contributed by atoms with van der Waals surface area (Å²) in [6.45, 7) is 4.50.